The summed E-state index contributed by atoms with van der Waals surface area (Å²) in [4.78, 5) is 35.0. The third kappa shape index (κ3) is 3.11. The summed E-state index contributed by atoms with van der Waals surface area (Å²) in [7, 11) is 1.42. The third-order valence-corrected chi connectivity index (χ3v) is 5.46. The average molecular weight is 452 g/mol. The van der Waals surface area contributed by atoms with E-state index in [4.69, 9.17) is 0 Å². The zero-order valence-corrected chi connectivity index (χ0v) is 16.5. The number of pyridine rings is 2. The van der Waals surface area contributed by atoms with E-state index >= 15 is 0 Å². The lowest BCUT2D eigenvalue weighted by molar-refractivity contribution is 0.388. The Bertz CT molecular complexity index is 1190. The van der Waals surface area contributed by atoms with Crippen LogP contribution in [0.3, 0.4) is 0 Å². The first-order valence-corrected chi connectivity index (χ1v) is 9.49. The van der Waals surface area contributed by atoms with Gasteiger partial charge in [0.15, 0.2) is 17.3 Å². The van der Waals surface area contributed by atoms with Gasteiger partial charge in [0.1, 0.15) is 5.82 Å². The van der Waals surface area contributed by atoms with Crippen molar-refractivity contribution in [1.82, 2.24) is 19.1 Å². The van der Waals surface area contributed by atoms with Gasteiger partial charge in [0.25, 0.3) is 0 Å². The molecule has 3 aromatic heterocycles. The first kappa shape index (κ1) is 18.7. The summed E-state index contributed by atoms with van der Waals surface area (Å²) in [6.07, 6.45) is 3.55. The largest absolute Gasteiger partial charge is 0.354 e. The summed E-state index contributed by atoms with van der Waals surface area (Å²) >= 11 is 3.18. The van der Waals surface area contributed by atoms with Crippen LogP contribution in [-0.4, -0.2) is 32.2 Å². The molecular formula is C18H16BrF2N5O2. The lowest BCUT2D eigenvalue weighted by atomic mass is 10.0. The Morgan fingerprint density at radius 3 is 2.46 bits per heavy atom. The Balaban J connectivity index is 1.69. The van der Waals surface area contributed by atoms with E-state index < -0.39 is 22.8 Å². The number of nitrogens with zero attached hydrogens (tertiary/aromatic N) is 5. The lowest BCUT2D eigenvalue weighted by Crippen LogP contribution is -2.45. The second-order valence-electron chi connectivity index (χ2n) is 6.71. The Morgan fingerprint density at radius 1 is 1.07 bits per heavy atom. The predicted molar refractivity (Wildman–Crippen MR) is 104 cm³/mol. The monoisotopic (exact) mass is 451 g/mol. The van der Waals surface area contributed by atoms with Crippen LogP contribution in [0.25, 0.3) is 11.2 Å². The first-order valence-electron chi connectivity index (χ1n) is 8.69. The van der Waals surface area contributed by atoms with Crippen LogP contribution in [-0.2, 0) is 7.05 Å². The molecule has 0 amide bonds. The second-order valence-corrected chi connectivity index (χ2v) is 7.63. The molecule has 28 heavy (non-hydrogen) atoms. The van der Waals surface area contributed by atoms with Crippen LogP contribution < -0.4 is 16.0 Å². The van der Waals surface area contributed by atoms with Crippen molar-refractivity contribution in [2.75, 3.05) is 18.0 Å². The van der Waals surface area contributed by atoms with Gasteiger partial charge in [-0.2, -0.15) is 0 Å². The van der Waals surface area contributed by atoms with E-state index in [0.29, 0.717) is 30.4 Å². The molecule has 3 aromatic rings. The van der Waals surface area contributed by atoms with Crippen molar-refractivity contribution in [2.24, 2.45) is 7.05 Å². The molecule has 1 aliphatic heterocycles. The molecule has 1 aliphatic rings. The Labute approximate surface area is 166 Å². The molecule has 0 aliphatic carbocycles. The van der Waals surface area contributed by atoms with Crippen molar-refractivity contribution in [3.8, 4) is 0 Å². The SMILES string of the molecule is Cn1c(=O)c(=O)n(C2CCN(c3ncc(Br)cc3F)CC2)c2ncc(F)cc21. The molecule has 0 spiro atoms. The summed E-state index contributed by atoms with van der Waals surface area (Å²) in [5, 5.41) is 0. The quantitative estimate of drug-likeness (QED) is 0.559. The molecule has 0 N–H and O–H groups in total. The average Bonchev–Trinajstić information content (AvgIpc) is 2.68. The third-order valence-electron chi connectivity index (χ3n) is 5.03. The summed E-state index contributed by atoms with van der Waals surface area (Å²) in [5.74, 6) is -0.761. The van der Waals surface area contributed by atoms with Gasteiger partial charge in [-0.05, 0) is 34.8 Å². The zero-order valence-electron chi connectivity index (χ0n) is 14.9. The molecule has 7 nitrogen and oxygen atoms in total. The molecule has 1 fully saturated rings. The molecule has 0 radical (unpaired) electrons. The van der Waals surface area contributed by atoms with Gasteiger partial charge in [0.2, 0.25) is 0 Å². The van der Waals surface area contributed by atoms with Crippen molar-refractivity contribution < 1.29 is 8.78 Å². The van der Waals surface area contributed by atoms with Crippen molar-refractivity contribution in [3.05, 3.63) is 61.3 Å². The summed E-state index contributed by atoms with van der Waals surface area (Å²) in [6, 6.07) is 2.25. The molecule has 0 bridgehead atoms. The van der Waals surface area contributed by atoms with E-state index in [2.05, 4.69) is 25.9 Å². The smallest absolute Gasteiger partial charge is 0.318 e. The number of rotatable bonds is 2. The fraction of sp³-hybridized carbons (Fsp3) is 0.333. The highest BCUT2D eigenvalue weighted by Crippen LogP contribution is 2.28. The zero-order chi connectivity index (χ0) is 20.0. The van der Waals surface area contributed by atoms with E-state index in [0.717, 1.165) is 10.8 Å². The van der Waals surface area contributed by atoms with Gasteiger partial charge in [0, 0.05) is 42.9 Å². The minimum absolute atomic E-state index is 0.253. The van der Waals surface area contributed by atoms with E-state index in [1.807, 2.05) is 0 Å². The summed E-state index contributed by atoms with van der Waals surface area (Å²) in [6.45, 7) is 0.918. The topological polar surface area (TPSA) is 73.0 Å². The molecule has 0 saturated carbocycles. The highest BCUT2D eigenvalue weighted by atomic mass is 79.9. The number of fused-ring (bicyclic) bond motifs is 1. The molecule has 1 saturated heterocycles. The Morgan fingerprint density at radius 2 is 1.79 bits per heavy atom. The molecule has 146 valence electrons. The number of anilines is 1. The minimum atomic E-state index is -0.733. The minimum Gasteiger partial charge on any atom is -0.354 e. The Hall–Kier alpha value is -2.62. The number of hydrogen-bond acceptors (Lipinski definition) is 5. The van der Waals surface area contributed by atoms with E-state index in [1.165, 1.54) is 29.9 Å². The number of aryl methyl sites for hydroxylation is 1. The van der Waals surface area contributed by atoms with Crippen molar-refractivity contribution in [1.29, 1.82) is 0 Å². The fourth-order valence-corrected chi connectivity index (χ4v) is 3.92. The number of aromatic nitrogens is 4. The maximum atomic E-state index is 14.2. The number of halogens is 3. The van der Waals surface area contributed by atoms with Crippen LogP contribution in [0.2, 0.25) is 0 Å². The van der Waals surface area contributed by atoms with Crippen LogP contribution in [0, 0.1) is 11.6 Å². The molecule has 4 heterocycles. The highest BCUT2D eigenvalue weighted by Gasteiger charge is 2.27. The first-order chi connectivity index (χ1) is 13.4. The van der Waals surface area contributed by atoms with Gasteiger partial charge in [-0.25, -0.2) is 18.7 Å². The molecule has 0 atom stereocenters. The normalized spacial score (nSPS) is 15.4. The summed E-state index contributed by atoms with van der Waals surface area (Å²) < 4.78 is 30.8. The maximum Gasteiger partial charge on any atom is 0.318 e. The van der Waals surface area contributed by atoms with Gasteiger partial charge >= 0.3 is 11.1 Å². The van der Waals surface area contributed by atoms with Gasteiger partial charge in [0.05, 0.1) is 11.7 Å². The molecular weight excluding hydrogens is 436 g/mol. The predicted octanol–water partition coefficient (Wildman–Crippen LogP) is 2.37. The number of piperidine rings is 1. The molecule has 0 aromatic carbocycles. The molecule has 4 rings (SSSR count). The van der Waals surface area contributed by atoms with Crippen LogP contribution in [0.5, 0.6) is 0 Å². The van der Waals surface area contributed by atoms with Gasteiger partial charge in [-0.15, -0.1) is 0 Å². The van der Waals surface area contributed by atoms with Gasteiger partial charge < -0.3 is 9.47 Å². The van der Waals surface area contributed by atoms with Crippen LogP contribution in [0.15, 0.2) is 38.6 Å². The van der Waals surface area contributed by atoms with Crippen molar-refractivity contribution >= 4 is 32.9 Å². The van der Waals surface area contributed by atoms with Crippen LogP contribution in [0.1, 0.15) is 18.9 Å². The van der Waals surface area contributed by atoms with Crippen molar-refractivity contribution in [3.63, 3.8) is 0 Å². The van der Waals surface area contributed by atoms with E-state index in [-0.39, 0.29) is 23.0 Å². The summed E-state index contributed by atoms with van der Waals surface area (Å²) in [5.41, 5.74) is -0.906. The lowest BCUT2D eigenvalue weighted by Gasteiger charge is -2.34. The Kier molecular flexibility index (Phi) is 4.74. The van der Waals surface area contributed by atoms with Gasteiger partial charge in [-0.3, -0.25) is 14.2 Å². The number of hydrogen-bond donors (Lipinski definition) is 0. The fourth-order valence-electron chi connectivity index (χ4n) is 3.62. The van der Waals surface area contributed by atoms with Crippen molar-refractivity contribution in [2.45, 2.75) is 18.9 Å². The second kappa shape index (κ2) is 7.08. The maximum absolute atomic E-state index is 14.2. The van der Waals surface area contributed by atoms with Crippen LogP contribution >= 0.6 is 15.9 Å². The van der Waals surface area contributed by atoms with E-state index in [9.17, 15) is 18.4 Å². The standard InChI is InChI=1S/C18H16BrF2N5O2/c1-24-14-7-11(20)9-23-16(14)26(18(28)17(24)27)12-2-4-25(5-3-12)15-13(21)6-10(19)8-22-15/h6-9,12H,2-5H2,1H3. The highest BCUT2D eigenvalue weighted by molar-refractivity contribution is 9.10. The molecule has 0 unspecified atom stereocenters. The van der Waals surface area contributed by atoms with Gasteiger partial charge in [-0.1, -0.05) is 0 Å². The van der Waals surface area contributed by atoms with E-state index in [1.54, 1.807) is 4.90 Å². The van der Waals surface area contributed by atoms with Crippen LogP contribution in [0.4, 0.5) is 14.6 Å². The molecule has 10 heteroatoms.